The molecular weight excluding hydrogens is 472 g/mol. The van der Waals surface area contributed by atoms with Crippen LogP contribution in [0.2, 0.25) is 5.02 Å². The first kappa shape index (κ1) is 24.2. The fraction of sp³-hybridized carbons (Fsp3) is 0.240. The standard InChI is InChI=1S/C25H25ClN4O5/c1-14-6-8-16(9-7-14)30-24(32)23-19(10-15(2)28(23)3)29(25(30)33)13-22(31)27-18-11-17(26)20(34-4)12-21(18)35-5/h6-12H,13H2,1-5H3,(H,27,31). The smallest absolute Gasteiger partial charge is 0.336 e. The Hall–Kier alpha value is -3.98. The number of nitrogens with zero attached hydrogens (tertiary/aromatic N) is 3. The van der Waals surface area contributed by atoms with Crippen LogP contribution in [-0.2, 0) is 18.4 Å². The first-order valence-corrected chi connectivity index (χ1v) is 11.1. The highest BCUT2D eigenvalue weighted by molar-refractivity contribution is 6.32. The topological polar surface area (TPSA) is 96.5 Å². The highest BCUT2D eigenvalue weighted by Crippen LogP contribution is 2.35. The van der Waals surface area contributed by atoms with Gasteiger partial charge in [-0.2, -0.15) is 0 Å². The third-order valence-electron chi connectivity index (χ3n) is 5.91. The summed E-state index contributed by atoms with van der Waals surface area (Å²) >= 11 is 6.21. The molecule has 2 aromatic heterocycles. The van der Waals surface area contributed by atoms with Crippen LogP contribution in [0.5, 0.6) is 11.5 Å². The summed E-state index contributed by atoms with van der Waals surface area (Å²) in [4.78, 5) is 40.0. The van der Waals surface area contributed by atoms with E-state index in [1.54, 1.807) is 35.9 Å². The number of halogens is 1. The maximum Gasteiger partial charge on any atom is 0.336 e. The van der Waals surface area contributed by atoms with E-state index in [0.29, 0.717) is 33.9 Å². The van der Waals surface area contributed by atoms with Crippen molar-refractivity contribution in [3.8, 4) is 17.2 Å². The van der Waals surface area contributed by atoms with Crippen LogP contribution >= 0.6 is 11.6 Å². The summed E-state index contributed by atoms with van der Waals surface area (Å²) in [6.45, 7) is 3.41. The summed E-state index contributed by atoms with van der Waals surface area (Å²) < 4.78 is 14.6. The van der Waals surface area contributed by atoms with E-state index in [2.05, 4.69) is 5.32 Å². The number of carbonyl (C=O) groups is 1. The number of benzene rings is 2. The lowest BCUT2D eigenvalue weighted by atomic mass is 10.2. The van der Waals surface area contributed by atoms with Gasteiger partial charge in [0.2, 0.25) is 5.91 Å². The van der Waals surface area contributed by atoms with Gasteiger partial charge < -0.3 is 19.4 Å². The van der Waals surface area contributed by atoms with Crippen LogP contribution in [-0.4, -0.2) is 33.8 Å². The number of amides is 1. The van der Waals surface area contributed by atoms with E-state index in [9.17, 15) is 14.4 Å². The number of hydrogen-bond acceptors (Lipinski definition) is 5. The van der Waals surface area contributed by atoms with E-state index in [1.165, 1.54) is 24.9 Å². The lowest BCUT2D eigenvalue weighted by Gasteiger charge is -2.15. The Kier molecular flexibility index (Phi) is 6.45. The zero-order valence-corrected chi connectivity index (χ0v) is 20.8. The van der Waals surface area contributed by atoms with Crippen molar-refractivity contribution in [3.63, 3.8) is 0 Å². The third-order valence-corrected chi connectivity index (χ3v) is 6.21. The van der Waals surface area contributed by atoms with Crippen LogP contribution in [0.1, 0.15) is 11.3 Å². The van der Waals surface area contributed by atoms with Crippen LogP contribution in [0, 0.1) is 13.8 Å². The monoisotopic (exact) mass is 496 g/mol. The van der Waals surface area contributed by atoms with Crippen molar-refractivity contribution < 1.29 is 14.3 Å². The highest BCUT2D eigenvalue weighted by atomic mass is 35.5. The fourth-order valence-corrected chi connectivity index (χ4v) is 4.19. The van der Waals surface area contributed by atoms with Crippen molar-refractivity contribution in [2.45, 2.75) is 20.4 Å². The molecule has 35 heavy (non-hydrogen) atoms. The Morgan fingerprint density at radius 3 is 2.29 bits per heavy atom. The molecule has 0 aliphatic carbocycles. The van der Waals surface area contributed by atoms with Gasteiger partial charge in [-0.05, 0) is 38.1 Å². The highest BCUT2D eigenvalue weighted by Gasteiger charge is 2.21. The average molecular weight is 497 g/mol. The van der Waals surface area contributed by atoms with Gasteiger partial charge in [-0.15, -0.1) is 0 Å². The summed E-state index contributed by atoms with van der Waals surface area (Å²) in [5.74, 6) is 0.241. The number of carbonyl (C=O) groups excluding carboxylic acids is 1. The Morgan fingerprint density at radius 1 is 1.00 bits per heavy atom. The van der Waals surface area contributed by atoms with Crippen molar-refractivity contribution in [1.29, 1.82) is 0 Å². The van der Waals surface area contributed by atoms with Gasteiger partial charge >= 0.3 is 5.69 Å². The van der Waals surface area contributed by atoms with Gasteiger partial charge in [0.1, 0.15) is 23.6 Å². The minimum absolute atomic E-state index is 0.287. The molecule has 0 saturated heterocycles. The quantitative estimate of drug-likeness (QED) is 0.441. The minimum atomic E-state index is -0.619. The van der Waals surface area contributed by atoms with Crippen LogP contribution < -0.4 is 26.0 Å². The Bertz CT molecular complexity index is 1560. The summed E-state index contributed by atoms with van der Waals surface area (Å²) in [7, 11) is 4.68. The molecule has 0 aliphatic heterocycles. The molecule has 10 heteroatoms. The summed E-state index contributed by atoms with van der Waals surface area (Å²) in [6, 6.07) is 11.8. The molecule has 0 aliphatic rings. The van der Waals surface area contributed by atoms with E-state index in [4.69, 9.17) is 21.1 Å². The van der Waals surface area contributed by atoms with Crippen LogP contribution in [0.3, 0.4) is 0 Å². The van der Waals surface area contributed by atoms with Crippen molar-refractivity contribution >= 4 is 34.2 Å². The summed E-state index contributed by atoms with van der Waals surface area (Å²) in [6.07, 6.45) is 0. The molecule has 0 saturated carbocycles. The Balaban J connectivity index is 1.83. The molecule has 2 heterocycles. The number of rotatable bonds is 6. The second-order valence-corrected chi connectivity index (χ2v) is 8.57. The molecule has 182 valence electrons. The van der Waals surface area contributed by atoms with Gasteiger partial charge in [-0.3, -0.25) is 14.2 Å². The van der Waals surface area contributed by atoms with Crippen LogP contribution in [0.15, 0.2) is 52.1 Å². The van der Waals surface area contributed by atoms with Gasteiger partial charge in [-0.25, -0.2) is 9.36 Å². The Labute approximate surface area is 206 Å². The second-order valence-electron chi connectivity index (χ2n) is 8.16. The minimum Gasteiger partial charge on any atom is -0.495 e. The van der Waals surface area contributed by atoms with Crippen LogP contribution in [0.25, 0.3) is 16.7 Å². The lowest BCUT2D eigenvalue weighted by Crippen LogP contribution is -2.41. The predicted octanol–water partition coefficient (Wildman–Crippen LogP) is 3.42. The number of nitrogens with one attached hydrogen (secondary N) is 1. The van der Waals surface area contributed by atoms with Crippen molar-refractivity contribution in [1.82, 2.24) is 13.7 Å². The zero-order chi connectivity index (χ0) is 25.4. The summed E-state index contributed by atoms with van der Waals surface area (Å²) in [5, 5.41) is 3.03. The molecule has 9 nitrogen and oxygen atoms in total. The molecule has 1 amide bonds. The molecule has 0 unspecified atom stereocenters. The number of ether oxygens (including phenoxy) is 2. The molecule has 4 rings (SSSR count). The number of aryl methyl sites for hydroxylation is 3. The van der Waals surface area contributed by atoms with Gasteiger partial charge in [-0.1, -0.05) is 29.3 Å². The van der Waals surface area contributed by atoms with Gasteiger partial charge in [0.05, 0.1) is 36.1 Å². The van der Waals surface area contributed by atoms with Gasteiger partial charge in [0, 0.05) is 18.8 Å². The van der Waals surface area contributed by atoms with Crippen molar-refractivity contribution in [3.05, 3.63) is 79.6 Å². The third kappa shape index (κ3) is 4.30. The fourth-order valence-electron chi connectivity index (χ4n) is 3.95. The predicted molar refractivity (Wildman–Crippen MR) is 135 cm³/mol. The molecule has 0 radical (unpaired) electrons. The largest absolute Gasteiger partial charge is 0.495 e. The maximum absolute atomic E-state index is 13.5. The number of fused-ring (bicyclic) bond motifs is 1. The number of methoxy groups -OCH3 is 2. The van der Waals surface area contributed by atoms with Crippen molar-refractivity contribution in [2.24, 2.45) is 7.05 Å². The number of aromatic nitrogens is 3. The molecular formula is C25H25ClN4O5. The van der Waals surface area contributed by atoms with E-state index >= 15 is 0 Å². The van der Waals surface area contributed by atoms with E-state index in [-0.39, 0.29) is 11.6 Å². The molecule has 0 atom stereocenters. The molecule has 0 fully saturated rings. The molecule has 4 aromatic rings. The number of hydrogen-bond donors (Lipinski definition) is 1. The Morgan fingerprint density at radius 2 is 1.66 bits per heavy atom. The van der Waals surface area contributed by atoms with Crippen LogP contribution in [0.4, 0.5) is 5.69 Å². The normalized spacial score (nSPS) is 11.0. The summed E-state index contributed by atoms with van der Waals surface area (Å²) in [5.41, 5.74) is 2.13. The van der Waals surface area contributed by atoms with Crippen molar-refractivity contribution in [2.75, 3.05) is 19.5 Å². The van der Waals surface area contributed by atoms with Gasteiger partial charge in [0.15, 0.2) is 0 Å². The lowest BCUT2D eigenvalue weighted by molar-refractivity contribution is -0.116. The molecule has 1 N–H and O–H groups in total. The van der Waals surface area contributed by atoms with E-state index < -0.39 is 17.2 Å². The second kappa shape index (κ2) is 9.34. The van der Waals surface area contributed by atoms with E-state index in [0.717, 1.165) is 15.8 Å². The molecule has 0 spiro atoms. The zero-order valence-electron chi connectivity index (χ0n) is 20.0. The molecule has 0 bridgehead atoms. The first-order valence-electron chi connectivity index (χ1n) is 10.8. The van der Waals surface area contributed by atoms with Gasteiger partial charge in [0.25, 0.3) is 5.56 Å². The SMILES string of the molecule is COc1cc(OC)c(NC(=O)Cn2c(=O)n(-c3ccc(C)cc3)c(=O)c3c2cc(C)n3C)cc1Cl. The maximum atomic E-state index is 13.5. The average Bonchev–Trinajstić information content (AvgIpc) is 3.12. The molecule has 2 aromatic carbocycles. The van der Waals surface area contributed by atoms with E-state index in [1.807, 2.05) is 26.0 Å². The number of anilines is 1. The first-order chi connectivity index (χ1) is 16.7.